The summed E-state index contributed by atoms with van der Waals surface area (Å²) in [7, 11) is 4.09. The van der Waals surface area contributed by atoms with Crippen molar-refractivity contribution in [3.63, 3.8) is 0 Å². The van der Waals surface area contributed by atoms with Crippen molar-refractivity contribution in [1.29, 1.82) is 0 Å². The molecule has 0 bridgehead atoms. The predicted molar refractivity (Wildman–Crippen MR) is 115 cm³/mol. The Bertz CT molecular complexity index is 768. The third kappa shape index (κ3) is 4.81. The summed E-state index contributed by atoms with van der Waals surface area (Å²) >= 11 is 19.2. The molecule has 2 nitrogen and oxygen atoms in total. The van der Waals surface area contributed by atoms with Gasteiger partial charge in [0.2, 0.25) is 0 Å². The van der Waals surface area contributed by atoms with Crippen molar-refractivity contribution in [2.75, 3.05) is 20.6 Å². The minimum Gasteiger partial charge on any atom is -0.385 e. The summed E-state index contributed by atoms with van der Waals surface area (Å²) < 4.78 is 0. The highest BCUT2D eigenvalue weighted by molar-refractivity contribution is 6.36. The van der Waals surface area contributed by atoms with Gasteiger partial charge in [0.15, 0.2) is 0 Å². The van der Waals surface area contributed by atoms with Crippen LogP contribution < -0.4 is 0 Å². The van der Waals surface area contributed by atoms with E-state index in [1.807, 2.05) is 50.5 Å². The van der Waals surface area contributed by atoms with E-state index in [-0.39, 0.29) is 5.92 Å². The molecule has 0 heterocycles. The minimum atomic E-state index is -0.880. The summed E-state index contributed by atoms with van der Waals surface area (Å²) in [6, 6.07) is 11.5. The average Bonchev–Trinajstić information content (AvgIpc) is 2.61. The molecule has 0 saturated heterocycles. The molecule has 0 spiro atoms. The Kier molecular flexibility index (Phi) is 6.76. The average molecular weight is 427 g/mol. The molecule has 27 heavy (non-hydrogen) atoms. The summed E-state index contributed by atoms with van der Waals surface area (Å²) in [5.41, 5.74) is 1.93. The van der Waals surface area contributed by atoms with Crippen LogP contribution in [0.2, 0.25) is 15.1 Å². The van der Waals surface area contributed by atoms with E-state index in [2.05, 4.69) is 4.90 Å². The lowest BCUT2D eigenvalue weighted by Gasteiger charge is -2.42. The van der Waals surface area contributed by atoms with E-state index in [1.165, 1.54) is 0 Å². The Hall–Kier alpha value is -0.770. The number of benzene rings is 2. The van der Waals surface area contributed by atoms with E-state index in [0.717, 1.165) is 48.9 Å². The molecule has 1 N–H and O–H groups in total. The Balaban J connectivity index is 1.91. The lowest BCUT2D eigenvalue weighted by Crippen LogP contribution is -2.43. The summed E-state index contributed by atoms with van der Waals surface area (Å²) in [5.74, 6) is 0.176. The molecule has 1 aliphatic rings. The maximum Gasteiger partial charge on any atom is 0.0937 e. The van der Waals surface area contributed by atoms with Gasteiger partial charge in [0, 0.05) is 34.0 Å². The predicted octanol–water partition coefficient (Wildman–Crippen LogP) is 6.18. The van der Waals surface area contributed by atoms with Gasteiger partial charge in [-0.1, -0.05) is 59.8 Å². The largest absolute Gasteiger partial charge is 0.385 e. The van der Waals surface area contributed by atoms with Crippen LogP contribution in [0, 0.1) is 5.92 Å². The molecule has 1 saturated carbocycles. The quantitative estimate of drug-likeness (QED) is 0.617. The van der Waals surface area contributed by atoms with E-state index >= 15 is 0 Å². The lowest BCUT2D eigenvalue weighted by atomic mass is 9.71. The van der Waals surface area contributed by atoms with Gasteiger partial charge in [-0.05, 0) is 67.9 Å². The molecule has 0 aromatic heterocycles. The maximum absolute atomic E-state index is 11.6. The molecule has 1 aliphatic carbocycles. The van der Waals surface area contributed by atoms with Gasteiger partial charge in [0.05, 0.1) is 5.60 Å². The van der Waals surface area contributed by atoms with Crippen molar-refractivity contribution in [1.82, 2.24) is 4.90 Å². The van der Waals surface area contributed by atoms with E-state index in [1.54, 1.807) is 0 Å². The normalized spacial score (nSPS) is 23.0. The molecule has 3 rings (SSSR count). The molecular weight excluding hydrogens is 401 g/mol. The van der Waals surface area contributed by atoms with Gasteiger partial charge >= 0.3 is 0 Å². The van der Waals surface area contributed by atoms with Crippen LogP contribution in [0.1, 0.15) is 42.4 Å². The van der Waals surface area contributed by atoms with Crippen LogP contribution in [0.5, 0.6) is 0 Å². The van der Waals surface area contributed by atoms with E-state index < -0.39 is 5.60 Å². The molecule has 146 valence electrons. The van der Waals surface area contributed by atoms with Crippen molar-refractivity contribution >= 4 is 34.8 Å². The van der Waals surface area contributed by atoms with Gasteiger partial charge in [0.25, 0.3) is 0 Å². The molecule has 5 heteroatoms. The van der Waals surface area contributed by atoms with Gasteiger partial charge in [0.1, 0.15) is 0 Å². The van der Waals surface area contributed by atoms with Gasteiger partial charge < -0.3 is 10.0 Å². The van der Waals surface area contributed by atoms with Crippen molar-refractivity contribution in [2.24, 2.45) is 5.92 Å². The summed E-state index contributed by atoms with van der Waals surface area (Å²) in [4.78, 5) is 2.14. The molecule has 0 radical (unpaired) electrons. The SMILES string of the molecule is CN(C)CC1CCCCC1(O)c1cc(Cl)c(Cc2ccc(Cl)cc2)c(Cl)c1. The zero-order chi connectivity index (χ0) is 19.6. The standard InChI is InChI=1S/C22H26Cl3NO/c1-26(2)14-16-5-3-4-10-22(16,27)17-12-20(24)19(21(25)13-17)11-15-6-8-18(23)9-7-15/h6-9,12-13,16,27H,3-5,10-11,14H2,1-2H3. The molecular formula is C22H26Cl3NO. The van der Waals surface area contributed by atoms with E-state index in [4.69, 9.17) is 34.8 Å². The van der Waals surface area contributed by atoms with Crippen LogP contribution in [0.4, 0.5) is 0 Å². The Morgan fingerprint density at radius 2 is 1.67 bits per heavy atom. The summed E-state index contributed by atoms with van der Waals surface area (Å²) in [5, 5.41) is 13.5. The zero-order valence-corrected chi connectivity index (χ0v) is 18.1. The molecule has 2 aromatic rings. The second-order valence-electron chi connectivity index (χ2n) is 7.85. The number of rotatable bonds is 5. The smallest absolute Gasteiger partial charge is 0.0937 e. The van der Waals surface area contributed by atoms with E-state index in [9.17, 15) is 5.11 Å². The maximum atomic E-state index is 11.6. The second kappa shape index (κ2) is 8.71. The zero-order valence-electron chi connectivity index (χ0n) is 15.8. The fourth-order valence-electron chi connectivity index (χ4n) is 4.12. The Morgan fingerprint density at radius 3 is 2.26 bits per heavy atom. The van der Waals surface area contributed by atoms with Crippen LogP contribution in [-0.4, -0.2) is 30.6 Å². The third-order valence-corrected chi connectivity index (χ3v) is 6.48. The van der Waals surface area contributed by atoms with Crippen LogP contribution in [-0.2, 0) is 12.0 Å². The Morgan fingerprint density at radius 1 is 1.04 bits per heavy atom. The van der Waals surface area contributed by atoms with Crippen LogP contribution in [0.25, 0.3) is 0 Å². The van der Waals surface area contributed by atoms with Gasteiger partial charge in [-0.3, -0.25) is 0 Å². The monoisotopic (exact) mass is 425 g/mol. The second-order valence-corrected chi connectivity index (χ2v) is 9.10. The van der Waals surface area contributed by atoms with E-state index in [0.29, 0.717) is 21.5 Å². The topological polar surface area (TPSA) is 23.5 Å². The highest BCUT2D eigenvalue weighted by Crippen LogP contribution is 2.44. The van der Waals surface area contributed by atoms with Gasteiger partial charge in [-0.15, -0.1) is 0 Å². The molecule has 0 aliphatic heterocycles. The van der Waals surface area contributed by atoms with Crippen LogP contribution >= 0.6 is 34.8 Å². The fourth-order valence-corrected chi connectivity index (χ4v) is 4.87. The minimum absolute atomic E-state index is 0.176. The first-order chi connectivity index (χ1) is 12.8. The first-order valence-electron chi connectivity index (χ1n) is 9.39. The number of nitrogens with zero attached hydrogens (tertiary/aromatic N) is 1. The first-order valence-corrected chi connectivity index (χ1v) is 10.5. The number of hydrogen-bond acceptors (Lipinski definition) is 2. The number of halogens is 3. The number of hydrogen-bond donors (Lipinski definition) is 1. The number of aliphatic hydroxyl groups is 1. The van der Waals surface area contributed by atoms with Crippen LogP contribution in [0.3, 0.4) is 0 Å². The van der Waals surface area contributed by atoms with Crippen molar-refractivity contribution < 1.29 is 5.11 Å². The molecule has 2 unspecified atom stereocenters. The van der Waals surface area contributed by atoms with Gasteiger partial charge in [-0.2, -0.15) is 0 Å². The molecule has 0 amide bonds. The first kappa shape index (κ1) is 21.0. The van der Waals surface area contributed by atoms with Gasteiger partial charge in [-0.25, -0.2) is 0 Å². The lowest BCUT2D eigenvalue weighted by molar-refractivity contribution is -0.0618. The third-order valence-electron chi connectivity index (χ3n) is 5.56. The fraction of sp³-hybridized carbons (Fsp3) is 0.455. The highest BCUT2D eigenvalue weighted by Gasteiger charge is 2.41. The Labute approximate surface area is 177 Å². The van der Waals surface area contributed by atoms with Crippen molar-refractivity contribution in [3.8, 4) is 0 Å². The molecule has 2 atom stereocenters. The highest BCUT2D eigenvalue weighted by atomic mass is 35.5. The summed E-state index contributed by atoms with van der Waals surface area (Å²) in [6.07, 6.45) is 4.55. The van der Waals surface area contributed by atoms with Crippen LogP contribution in [0.15, 0.2) is 36.4 Å². The summed E-state index contributed by atoms with van der Waals surface area (Å²) in [6.45, 7) is 0.846. The molecule has 1 fully saturated rings. The molecule has 2 aromatic carbocycles. The van der Waals surface area contributed by atoms with Crippen molar-refractivity contribution in [2.45, 2.75) is 37.7 Å². The van der Waals surface area contributed by atoms with Crippen molar-refractivity contribution in [3.05, 3.63) is 68.2 Å².